The number of nitrogens with zero attached hydrogens (tertiary/aromatic N) is 1. The van der Waals surface area contributed by atoms with Gasteiger partial charge in [-0.05, 0) is 31.5 Å². The summed E-state index contributed by atoms with van der Waals surface area (Å²) in [5.74, 6) is -0.0415. The van der Waals surface area contributed by atoms with Crippen molar-refractivity contribution in [2.24, 2.45) is 5.10 Å². The highest BCUT2D eigenvalue weighted by atomic mass is 16.3. The van der Waals surface area contributed by atoms with Crippen LogP contribution < -0.4 is 5.43 Å². The van der Waals surface area contributed by atoms with Crippen molar-refractivity contribution in [1.82, 2.24) is 5.43 Å². The molecule has 1 amide bonds. The summed E-state index contributed by atoms with van der Waals surface area (Å²) in [6.07, 6.45) is 0.276. The number of phenols is 1. The molecule has 0 spiro atoms. The van der Waals surface area contributed by atoms with Crippen LogP contribution in [-0.4, -0.2) is 16.7 Å². The molecule has 0 bridgehead atoms. The van der Waals surface area contributed by atoms with E-state index in [9.17, 15) is 9.90 Å². The molecule has 0 saturated heterocycles. The largest absolute Gasteiger partial charge is 0.507 e. The predicted octanol–water partition coefficient (Wildman–Crippen LogP) is 2.78. The molecule has 0 radical (unpaired) electrons. The highest BCUT2D eigenvalue weighted by Gasteiger charge is 2.05. The highest BCUT2D eigenvalue weighted by molar-refractivity contribution is 6.01. The zero-order chi connectivity index (χ0) is 15.2. The lowest BCUT2D eigenvalue weighted by Gasteiger charge is -2.05. The molecule has 108 valence electrons. The number of hydrazone groups is 1. The number of aryl methyl sites for hydroxylation is 1. The van der Waals surface area contributed by atoms with Gasteiger partial charge in [0, 0.05) is 5.56 Å². The topological polar surface area (TPSA) is 61.7 Å². The zero-order valence-electron chi connectivity index (χ0n) is 12.1. The highest BCUT2D eigenvalue weighted by Crippen LogP contribution is 2.16. The maximum atomic E-state index is 11.8. The summed E-state index contributed by atoms with van der Waals surface area (Å²) in [6, 6.07) is 14.7. The van der Waals surface area contributed by atoms with Crippen LogP contribution in [0.25, 0.3) is 0 Å². The molecule has 2 rings (SSSR count). The normalized spacial score (nSPS) is 11.2. The number of amides is 1. The maximum Gasteiger partial charge on any atom is 0.244 e. The van der Waals surface area contributed by atoms with Gasteiger partial charge in [0.25, 0.3) is 0 Å². The monoisotopic (exact) mass is 282 g/mol. The molecule has 0 fully saturated rings. The first-order chi connectivity index (χ1) is 10.1. The Balaban J connectivity index is 1.98. The number of carbonyl (C=O) groups is 1. The Hall–Kier alpha value is -2.62. The molecule has 0 saturated carbocycles. The molecule has 21 heavy (non-hydrogen) atoms. The first-order valence-electron chi connectivity index (χ1n) is 6.73. The van der Waals surface area contributed by atoms with Gasteiger partial charge in [-0.25, -0.2) is 5.43 Å². The van der Waals surface area contributed by atoms with Gasteiger partial charge < -0.3 is 5.11 Å². The molecule has 4 nitrogen and oxygen atoms in total. The van der Waals surface area contributed by atoms with Crippen molar-refractivity contribution in [3.8, 4) is 5.75 Å². The molecule has 0 heterocycles. The molecule has 0 aliphatic heterocycles. The van der Waals surface area contributed by atoms with Gasteiger partial charge in [0.2, 0.25) is 5.91 Å². The molecular weight excluding hydrogens is 264 g/mol. The van der Waals surface area contributed by atoms with Gasteiger partial charge in [-0.3, -0.25) is 4.79 Å². The average molecular weight is 282 g/mol. The lowest BCUT2D eigenvalue weighted by atomic mass is 10.1. The minimum atomic E-state index is -0.186. The number of hydrogen-bond donors (Lipinski definition) is 2. The molecule has 2 N–H and O–H groups in total. The minimum Gasteiger partial charge on any atom is -0.507 e. The van der Waals surface area contributed by atoms with Gasteiger partial charge in [0.15, 0.2) is 0 Å². The van der Waals surface area contributed by atoms with Crippen LogP contribution >= 0.6 is 0 Å². The van der Waals surface area contributed by atoms with E-state index >= 15 is 0 Å². The van der Waals surface area contributed by atoms with E-state index in [4.69, 9.17) is 0 Å². The second-order valence-electron chi connectivity index (χ2n) is 4.91. The van der Waals surface area contributed by atoms with Crippen molar-refractivity contribution in [3.63, 3.8) is 0 Å². The van der Waals surface area contributed by atoms with Gasteiger partial charge in [0.1, 0.15) is 5.75 Å². The summed E-state index contributed by atoms with van der Waals surface area (Å²) in [6.45, 7) is 3.74. The fourth-order valence-electron chi connectivity index (χ4n) is 1.92. The lowest BCUT2D eigenvalue weighted by molar-refractivity contribution is -0.120. The minimum absolute atomic E-state index is 0.145. The maximum absolute atomic E-state index is 11.8. The molecule has 0 unspecified atom stereocenters. The third-order valence-electron chi connectivity index (χ3n) is 3.13. The van der Waals surface area contributed by atoms with E-state index in [1.165, 1.54) is 0 Å². The molecule has 0 aromatic heterocycles. The second-order valence-corrected chi connectivity index (χ2v) is 4.91. The van der Waals surface area contributed by atoms with Crippen LogP contribution in [0.4, 0.5) is 0 Å². The standard InChI is InChI=1S/C17H18N2O2/c1-12-7-9-14(10-8-12)11-17(21)19-18-13(2)15-5-3-4-6-16(15)20/h3-10,20H,11H2,1-2H3,(H,19,21)/b18-13-. The van der Waals surface area contributed by atoms with Crippen LogP contribution in [0.1, 0.15) is 23.6 Å². The number of carbonyl (C=O) groups excluding carboxylic acids is 1. The zero-order valence-corrected chi connectivity index (χ0v) is 12.1. The van der Waals surface area contributed by atoms with Crippen LogP contribution in [0, 0.1) is 6.92 Å². The first-order valence-corrected chi connectivity index (χ1v) is 6.73. The van der Waals surface area contributed by atoms with E-state index in [0.29, 0.717) is 11.3 Å². The van der Waals surface area contributed by atoms with Crippen molar-refractivity contribution in [3.05, 3.63) is 65.2 Å². The molecule has 0 aliphatic carbocycles. The quantitative estimate of drug-likeness (QED) is 0.669. The van der Waals surface area contributed by atoms with Crippen LogP contribution in [0.3, 0.4) is 0 Å². The third kappa shape index (κ3) is 4.18. The van der Waals surface area contributed by atoms with E-state index in [1.807, 2.05) is 37.3 Å². The Morgan fingerprint density at radius 3 is 2.48 bits per heavy atom. The summed E-state index contributed by atoms with van der Waals surface area (Å²) < 4.78 is 0. The smallest absolute Gasteiger partial charge is 0.244 e. The van der Waals surface area contributed by atoms with Gasteiger partial charge in [0.05, 0.1) is 12.1 Å². The van der Waals surface area contributed by atoms with Crippen molar-refractivity contribution < 1.29 is 9.90 Å². The van der Waals surface area contributed by atoms with Crippen LogP contribution in [0.5, 0.6) is 5.75 Å². The van der Waals surface area contributed by atoms with Crippen molar-refractivity contribution in [2.75, 3.05) is 0 Å². The number of hydrogen-bond acceptors (Lipinski definition) is 3. The molecule has 2 aromatic carbocycles. The summed E-state index contributed by atoms with van der Waals surface area (Å²) in [5.41, 5.74) is 5.77. The number of aromatic hydroxyl groups is 1. The number of nitrogens with one attached hydrogen (secondary N) is 1. The summed E-state index contributed by atoms with van der Waals surface area (Å²) in [7, 11) is 0. The van der Waals surface area contributed by atoms with Gasteiger partial charge in [-0.1, -0.05) is 42.0 Å². The van der Waals surface area contributed by atoms with E-state index in [2.05, 4.69) is 10.5 Å². The van der Waals surface area contributed by atoms with Crippen LogP contribution in [-0.2, 0) is 11.2 Å². The predicted molar refractivity (Wildman–Crippen MR) is 83.3 cm³/mol. The van der Waals surface area contributed by atoms with E-state index in [0.717, 1.165) is 11.1 Å². The van der Waals surface area contributed by atoms with E-state index < -0.39 is 0 Å². The van der Waals surface area contributed by atoms with Crippen LogP contribution in [0.15, 0.2) is 53.6 Å². The SMILES string of the molecule is C/C(=N/NC(=O)Cc1ccc(C)cc1)c1ccccc1O. The summed E-state index contributed by atoms with van der Waals surface area (Å²) in [5, 5.41) is 13.7. The Labute approximate surface area is 124 Å². The lowest BCUT2D eigenvalue weighted by Crippen LogP contribution is -2.21. The van der Waals surface area contributed by atoms with Crippen molar-refractivity contribution in [2.45, 2.75) is 20.3 Å². The fraction of sp³-hybridized carbons (Fsp3) is 0.176. The number of benzene rings is 2. The molecular formula is C17H18N2O2. The average Bonchev–Trinajstić information content (AvgIpc) is 2.48. The Morgan fingerprint density at radius 1 is 1.14 bits per heavy atom. The molecule has 4 heteroatoms. The van der Waals surface area contributed by atoms with E-state index in [-0.39, 0.29) is 18.1 Å². The van der Waals surface area contributed by atoms with Gasteiger partial charge >= 0.3 is 0 Å². The van der Waals surface area contributed by atoms with E-state index in [1.54, 1.807) is 25.1 Å². The molecule has 0 atom stereocenters. The molecule has 0 aliphatic rings. The second kappa shape index (κ2) is 6.70. The summed E-state index contributed by atoms with van der Waals surface area (Å²) in [4.78, 5) is 11.8. The Morgan fingerprint density at radius 2 is 1.81 bits per heavy atom. The number of phenolic OH excluding ortho intramolecular Hbond substituents is 1. The number of para-hydroxylation sites is 1. The third-order valence-corrected chi connectivity index (χ3v) is 3.13. The van der Waals surface area contributed by atoms with Crippen LogP contribution in [0.2, 0.25) is 0 Å². The Kier molecular flexibility index (Phi) is 4.72. The van der Waals surface area contributed by atoms with Gasteiger partial charge in [-0.15, -0.1) is 0 Å². The summed E-state index contributed by atoms with van der Waals surface area (Å²) >= 11 is 0. The first kappa shape index (κ1) is 14.8. The van der Waals surface area contributed by atoms with Crippen molar-refractivity contribution in [1.29, 1.82) is 0 Å². The van der Waals surface area contributed by atoms with Crippen molar-refractivity contribution >= 4 is 11.6 Å². The number of rotatable bonds is 4. The van der Waals surface area contributed by atoms with Gasteiger partial charge in [-0.2, -0.15) is 5.10 Å². The molecule has 2 aromatic rings. The fourth-order valence-corrected chi connectivity index (χ4v) is 1.92. The Bertz CT molecular complexity index is 661.